The van der Waals surface area contributed by atoms with Gasteiger partial charge in [0, 0.05) is 6.54 Å². The largest absolute Gasteiger partial charge is 0.478 e. The van der Waals surface area contributed by atoms with Crippen LogP contribution in [-0.4, -0.2) is 55.5 Å². The molecule has 2 amide bonds. The van der Waals surface area contributed by atoms with Crippen LogP contribution in [0.25, 0.3) is 0 Å². The molecular formula is C21H31N3O3. The first-order valence-electron chi connectivity index (χ1n) is 10.1. The minimum atomic E-state index is -0.519. The van der Waals surface area contributed by atoms with Gasteiger partial charge in [-0.05, 0) is 63.4 Å². The number of likely N-dealkylation sites (tertiary alicyclic amines) is 1. The van der Waals surface area contributed by atoms with Gasteiger partial charge in [-0.25, -0.2) is 0 Å². The summed E-state index contributed by atoms with van der Waals surface area (Å²) in [6.07, 6.45) is 3.53. The van der Waals surface area contributed by atoms with E-state index in [2.05, 4.69) is 17.1 Å². The van der Waals surface area contributed by atoms with Gasteiger partial charge in [0.05, 0.1) is 5.69 Å². The lowest BCUT2D eigenvalue weighted by Gasteiger charge is -2.33. The molecule has 0 saturated carbocycles. The van der Waals surface area contributed by atoms with Crippen LogP contribution in [0, 0.1) is 5.92 Å². The number of hydrogen-bond acceptors (Lipinski definition) is 4. The normalized spacial score (nSPS) is 20.9. The van der Waals surface area contributed by atoms with E-state index in [1.54, 1.807) is 4.90 Å². The van der Waals surface area contributed by atoms with E-state index in [4.69, 9.17) is 4.74 Å². The highest BCUT2D eigenvalue weighted by Crippen LogP contribution is 2.34. The molecule has 27 heavy (non-hydrogen) atoms. The number of fused-ring (bicyclic) bond motifs is 1. The number of benzene rings is 1. The zero-order valence-corrected chi connectivity index (χ0v) is 16.4. The monoisotopic (exact) mass is 373 g/mol. The zero-order valence-electron chi connectivity index (χ0n) is 16.4. The number of piperidine rings is 1. The molecule has 0 aromatic heterocycles. The van der Waals surface area contributed by atoms with Crippen LogP contribution in [0.5, 0.6) is 5.75 Å². The number of anilines is 1. The van der Waals surface area contributed by atoms with E-state index in [1.165, 1.54) is 12.8 Å². The number of para-hydroxylation sites is 2. The molecule has 6 nitrogen and oxygen atoms in total. The molecule has 2 aliphatic heterocycles. The number of ether oxygens (including phenoxy) is 1. The van der Waals surface area contributed by atoms with E-state index in [0.29, 0.717) is 24.4 Å². The van der Waals surface area contributed by atoms with Gasteiger partial charge in [-0.2, -0.15) is 0 Å². The van der Waals surface area contributed by atoms with Crippen LogP contribution in [0.3, 0.4) is 0 Å². The van der Waals surface area contributed by atoms with E-state index in [1.807, 2.05) is 31.2 Å². The Bertz CT molecular complexity index is 656. The number of hydrogen-bond donors (Lipinski definition) is 1. The molecule has 2 aliphatic rings. The topological polar surface area (TPSA) is 61.9 Å². The van der Waals surface area contributed by atoms with Crippen molar-refractivity contribution in [2.75, 3.05) is 37.6 Å². The van der Waals surface area contributed by atoms with E-state index < -0.39 is 6.10 Å². The van der Waals surface area contributed by atoms with Crippen molar-refractivity contribution in [3.8, 4) is 5.75 Å². The fraction of sp³-hybridized carbons (Fsp3) is 0.619. The Morgan fingerprint density at radius 1 is 1.26 bits per heavy atom. The molecule has 1 saturated heterocycles. The quantitative estimate of drug-likeness (QED) is 0.746. The van der Waals surface area contributed by atoms with Crippen LogP contribution in [0.1, 0.15) is 39.5 Å². The van der Waals surface area contributed by atoms with Gasteiger partial charge in [-0.3, -0.25) is 14.5 Å². The Labute approximate surface area is 161 Å². The molecule has 3 rings (SSSR count). The smallest absolute Gasteiger partial charge is 0.268 e. The summed E-state index contributed by atoms with van der Waals surface area (Å²) in [6.45, 7) is 8.24. The van der Waals surface area contributed by atoms with Gasteiger partial charge in [-0.15, -0.1) is 0 Å². The van der Waals surface area contributed by atoms with Gasteiger partial charge in [0.15, 0.2) is 6.10 Å². The van der Waals surface area contributed by atoms with Gasteiger partial charge >= 0.3 is 0 Å². The van der Waals surface area contributed by atoms with Crippen LogP contribution in [0.15, 0.2) is 24.3 Å². The van der Waals surface area contributed by atoms with Crippen molar-refractivity contribution < 1.29 is 14.3 Å². The zero-order chi connectivity index (χ0) is 19.2. The summed E-state index contributed by atoms with van der Waals surface area (Å²) in [5.41, 5.74) is 0.671. The first kappa shape index (κ1) is 19.7. The molecule has 148 valence electrons. The van der Waals surface area contributed by atoms with Crippen molar-refractivity contribution in [3.63, 3.8) is 0 Å². The summed E-state index contributed by atoms with van der Waals surface area (Å²) in [5.74, 6) is 1.23. The Morgan fingerprint density at radius 2 is 2.00 bits per heavy atom. The summed E-state index contributed by atoms with van der Waals surface area (Å²) in [7, 11) is 0. The first-order valence-corrected chi connectivity index (χ1v) is 10.1. The molecule has 2 heterocycles. The molecule has 6 heteroatoms. The average Bonchev–Trinajstić information content (AvgIpc) is 2.68. The van der Waals surface area contributed by atoms with Crippen LogP contribution in [0.4, 0.5) is 5.69 Å². The molecule has 1 aromatic carbocycles. The van der Waals surface area contributed by atoms with Gasteiger partial charge in [0.2, 0.25) is 5.91 Å². The van der Waals surface area contributed by atoms with Gasteiger partial charge < -0.3 is 15.0 Å². The highest BCUT2D eigenvalue weighted by molar-refractivity contribution is 6.03. The molecule has 0 bridgehead atoms. The number of carbonyl (C=O) groups is 2. The number of amides is 2. The average molecular weight is 373 g/mol. The number of carbonyl (C=O) groups excluding carboxylic acids is 2. The number of nitrogens with one attached hydrogen (secondary N) is 1. The van der Waals surface area contributed by atoms with Gasteiger partial charge in [-0.1, -0.05) is 26.0 Å². The van der Waals surface area contributed by atoms with Crippen LogP contribution in [0.2, 0.25) is 0 Å². The maximum atomic E-state index is 12.6. The minimum Gasteiger partial charge on any atom is -0.478 e. The van der Waals surface area contributed by atoms with Crippen LogP contribution >= 0.6 is 0 Å². The van der Waals surface area contributed by atoms with Crippen molar-refractivity contribution in [2.24, 2.45) is 5.92 Å². The highest BCUT2D eigenvalue weighted by Gasteiger charge is 2.34. The second-order valence-electron chi connectivity index (χ2n) is 7.63. The van der Waals surface area contributed by atoms with E-state index in [0.717, 1.165) is 32.0 Å². The molecule has 1 N–H and O–H groups in total. The van der Waals surface area contributed by atoms with Crippen molar-refractivity contribution in [1.82, 2.24) is 10.2 Å². The molecule has 1 atom stereocenters. The van der Waals surface area contributed by atoms with E-state index >= 15 is 0 Å². The van der Waals surface area contributed by atoms with E-state index in [-0.39, 0.29) is 18.4 Å². The van der Waals surface area contributed by atoms with E-state index in [9.17, 15) is 9.59 Å². The first-order chi connectivity index (χ1) is 13.1. The summed E-state index contributed by atoms with van der Waals surface area (Å²) < 4.78 is 5.75. The molecule has 0 radical (unpaired) electrons. The summed E-state index contributed by atoms with van der Waals surface area (Å²) in [5, 5.41) is 2.96. The minimum absolute atomic E-state index is 0.0386. The predicted octanol–water partition coefficient (Wildman–Crippen LogP) is 2.43. The summed E-state index contributed by atoms with van der Waals surface area (Å²) in [4.78, 5) is 29.1. The maximum absolute atomic E-state index is 12.6. The second kappa shape index (κ2) is 9.22. The number of rotatable bonds is 7. The summed E-state index contributed by atoms with van der Waals surface area (Å²) in [6, 6.07) is 7.39. The van der Waals surface area contributed by atoms with Crippen molar-refractivity contribution >= 4 is 17.5 Å². The van der Waals surface area contributed by atoms with Crippen molar-refractivity contribution in [1.29, 1.82) is 0 Å². The molecule has 0 unspecified atom stereocenters. The molecule has 0 aliphatic carbocycles. The lowest BCUT2D eigenvalue weighted by molar-refractivity contribution is -0.129. The SMILES string of the molecule is CC[C@H]1Oc2ccccc2N(CC(=O)NCCCN2CCC(C)CC2)C1=O. The Balaban J connectivity index is 1.47. The fourth-order valence-electron chi connectivity index (χ4n) is 3.71. The van der Waals surface area contributed by atoms with Crippen LogP contribution in [-0.2, 0) is 9.59 Å². The second-order valence-corrected chi connectivity index (χ2v) is 7.63. The Kier molecular flexibility index (Phi) is 6.72. The van der Waals surface area contributed by atoms with Crippen LogP contribution < -0.4 is 15.0 Å². The molecule has 1 fully saturated rings. The number of nitrogens with zero attached hydrogens (tertiary/aromatic N) is 2. The Morgan fingerprint density at radius 3 is 2.74 bits per heavy atom. The highest BCUT2D eigenvalue weighted by atomic mass is 16.5. The third-order valence-electron chi connectivity index (χ3n) is 5.49. The lowest BCUT2D eigenvalue weighted by Crippen LogP contribution is -2.49. The molecule has 0 spiro atoms. The lowest BCUT2D eigenvalue weighted by atomic mass is 9.99. The van der Waals surface area contributed by atoms with Gasteiger partial charge in [0.1, 0.15) is 12.3 Å². The maximum Gasteiger partial charge on any atom is 0.268 e. The van der Waals surface area contributed by atoms with Crippen molar-refractivity contribution in [2.45, 2.75) is 45.6 Å². The Hall–Kier alpha value is -2.08. The predicted molar refractivity (Wildman–Crippen MR) is 106 cm³/mol. The summed E-state index contributed by atoms with van der Waals surface area (Å²) >= 11 is 0. The third kappa shape index (κ3) is 5.01. The van der Waals surface area contributed by atoms with Crippen molar-refractivity contribution in [3.05, 3.63) is 24.3 Å². The molecule has 1 aromatic rings. The van der Waals surface area contributed by atoms with Gasteiger partial charge in [0.25, 0.3) is 5.91 Å². The third-order valence-corrected chi connectivity index (χ3v) is 5.49. The molecular weight excluding hydrogens is 342 g/mol. The standard InChI is InChI=1S/C21H31N3O3/c1-3-18-21(26)24(17-7-4-5-8-19(17)27-18)15-20(25)22-11-6-12-23-13-9-16(2)10-14-23/h4-5,7-8,16,18H,3,6,9-15H2,1-2H3,(H,22,25)/t18-/m1/s1. The fourth-order valence-corrected chi connectivity index (χ4v) is 3.71.